The van der Waals surface area contributed by atoms with E-state index in [2.05, 4.69) is 43.0 Å². The van der Waals surface area contributed by atoms with Crippen molar-refractivity contribution < 1.29 is 0 Å². The molecule has 0 saturated heterocycles. The third-order valence-corrected chi connectivity index (χ3v) is 2.90. The van der Waals surface area contributed by atoms with Gasteiger partial charge in [-0.25, -0.2) is 0 Å². The van der Waals surface area contributed by atoms with Crippen LogP contribution in [0.25, 0.3) is 0 Å². The van der Waals surface area contributed by atoms with Crippen LogP contribution < -0.4 is 0 Å². The molecule has 0 atom stereocenters. The molecule has 0 aliphatic heterocycles. The maximum absolute atomic E-state index is 4.37. The van der Waals surface area contributed by atoms with Gasteiger partial charge in [-0.05, 0) is 36.0 Å². The number of thiol groups is 1. The van der Waals surface area contributed by atoms with Crippen LogP contribution in [0.5, 0.6) is 0 Å². The van der Waals surface area contributed by atoms with E-state index in [-0.39, 0.29) is 0 Å². The lowest BCUT2D eigenvalue weighted by Gasteiger charge is -2.14. The lowest BCUT2D eigenvalue weighted by molar-refractivity contribution is 0.955. The molecule has 0 aromatic rings. The molecule has 0 spiro atoms. The predicted octanol–water partition coefficient (Wildman–Crippen LogP) is 3.45. The zero-order valence-corrected chi connectivity index (χ0v) is 8.56. The van der Waals surface area contributed by atoms with Gasteiger partial charge in [0.25, 0.3) is 0 Å². The minimum Gasteiger partial charge on any atom is -0.175 e. The molecule has 0 nitrogen and oxygen atoms in total. The number of hydrogen-bond donors (Lipinski definition) is 1. The molecule has 0 radical (unpaired) electrons. The number of allylic oxidation sites excluding steroid dienone is 7. The van der Waals surface area contributed by atoms with Crippen molar-refractivity contribution in [2.75, 3.05) is 5.75 Å². The third kappa shape index (κ3) is 1.80. The van der Waals surface area contributed by atoms with Crippen molar-refractivity contribution in [3.05, 3.63) is 47.1 Å². The summed E-state index contributed by atoms with van der Waals surface area (Å²) in [6.07, 6.45) is 14.7. The molecule has 0 unspecified atom stereocenters. The van der Waals surface area contributed by atoms with Crippen LogP contribution in [0, 0.1) is 0 Å². The van der Waals surface area contributed by atoms with E-state index in [0.717, 1.165) is 12.2 Å². The average Bonchev–Trinajstić information content (AvgIpc) is 2.39. The number of rotatable bonds is 1. The molecule has 2 aliphatic rings. The Labute approximate surface area is 85.1 Å². The second kappa shape index (κ2) is 4.01. The topological polar surface area (TPSA) is 0 Å². The molecule has 1 heteroatoms. The molecule has 0 N–H and O–H groups in total. The molecule has 68 valence electrons. The Kier molecular flexibility index (Phi) is 2.74. The highest BCUT2D eigenvalue weighted by Gasteiger charge is 2.11. The van der Waals surface area contributed by atoms with E-state index in [1.54, 1.807) is 0 Å². The summed E-state index contributed by atoms with van der Waals surface area (Å²) >= 11 is 4.37. The van der Waals surface area contributed by atoms with Crippen molar-refractivity contribution in [3.63, 3.8) is 0 Å². The van der Waals surface area contributed by atoms with E-state index < -0.39 is 0 Å². The lowest BCUT2D eigenvalue weighted by atomic mass is 9.92. The fourth-order valence-electron chi connectivity index (χ4n) is 1.87. The maximum atomic E-state index is 4.37. The zero-order chi connectivity index (χ0) is 9.10. The average molecular weight is 190 g/mol. The van der Waals surface area contributed by atoms with Gasteiger partial charge in [0.1, 0.15) is 0 Å². The van der Waals surface area contributed by atoms with Gasteiger partial charge in [-0.2, -0.15) is 12.6 Å². The second-order valence-corrected chi connectivity index (χ2v) is 3.72. The quantitative estimate of drug-likeness (QED) is 0.602. The molecule has 2 rings (SSSR count). The van der Waals surface area contributed by atoms with Gasteiger partial charge in [-0.1, -0.05) is 30.4 Å². The summed E-state index contributed by atoms with van der Waals surface area (Å²) in [5.41, 5.74) is 4.32. The minimum absolute atomic E-state index is 0.858. The van der Waals surface area contributed by atoms with Gasteiger partial charge >= 0.3 is 0 Å². The van der Waals surface area contributed by atoms with Gasteiger partial charge in [-0.15, -0.1) is 0 Å². The summed E-state index contributed by atoms with van der Waals surface area (Å²) in [6.45, 7) is 0. The Bertz CT molecular complexity index is 316. The van der Waals surface area contributed by atoms with Crippen molar-refractivity contribution in [2.45, 2.75) is 19.3 Å². The lowest BCUT2D eigenvalue weighted by Crippen LogP contribution is -1.97. The van der Waals surface area contributed by atoms with Gasteiger partial charge in [0.2, 0.25) is 0 Å². The first-order valence-corrected chi connectivity index (χ1v) is 5.41. The number of hydrogen-bond acceptors (Lipinski definition) is 1. The highest BCUT2D eigenvalue weighted by atomic mass is 32.1. The fraction of sp³-hybridized carbons (Fsp3) is 0.333. The molecule has 0 saturated carbocycles. The zero-order valence-electron chi connectivity index (χ0n) is 7.66. The van der Waals surface area contributed by atoms with Crippen LogP contribution in [-0.2, 0) is 0 Å². The minimum atomic E-state index is 0.858. The van der Waals surface area contributed by atoms with Crippen LogP contribution in [0.1, 0.15) is 19.3 Å². The van der Waals surface area contributed by atoms with E-state index in [1.807, 2.05) is 0 Å². The van der Waals surface area contributed by atoms with Crippen LogP contribution in [0.2, 0.25) is 0 Å². The molecule has 0 aromatic carbocycles. The van der Waals surface area contributed by atoms with E-state index in [4.69, 9.17) is 0 Å². The van der Waals surface area contributed by atoms with Gasteiger partial charge in [0, 0.05) is 5.75 Å². The van der Waals surface area contributed by atoms with Gasteiger partial charge < -0.3 is 0 Å². The van der Waals surface area contributed by atoms with Crippen molar-refractivity contribution >= 4 is 12.6 Å². The van der Waals surface area contributed by atoms with E-state index in [9.17, 15) is 0 Å². The Morgan fingerprint density at radius 1 is 1.23 bits per heavy atom. The van der Waals surface area contributed by atoms with Crippen LogP contribution in [0.15, 0.2) is 47.1 Å². The van der Waals surface area contributed by atoms with Crippen molar-refractivity contribution in [1.82, 2.24) is 0 Å². The smallest absolute Gasteiger partial charge is 0.0157 e. The first kappa shape index (κ1) is 8.89. The van der Waals surface area contributed by atoms with Crippen LogP contribution in [0.4, 0.5) is 0 Å². The monoisotopic (exact) mass is 190 g/mol. The Morgan fingerprint density at radius 2 is 2.15 bits per heavy atom. The first-order valence-electron chi connectivity index (χ1n) is 4.78. The first-order chi connectivity index (χ1) is 6.42. The normalized spacial score (nSPS) is 21.2. The Balaban J connectivity index is 2.45. The molecular weight excluding hydrogens is 176 g/mol. The maximum Gasteiger partial charge on any atom is 0.0157 e. The van der Waals surface area contributed by atoms with Crippen LogP contribution in [-0.4, -0.2) is 5.75 Å². The summed E-state index contributed by atoms with van der Waals surface area (Å²) in [5.74, 6) is 0.858. The fourth-order valence-corrected chi connectivity index (χ4v) is 2.17. The Hall–Kier alpha value is -0.690. The van der Waals surface area contributed by atoms with E-state index >= 15 is 0 Å². The largest absolute Gasteiger partial charge is 0.175 e. The Morgan fingerprint density at radius 3 is 3.00 bits per heavy atom. The number of fused-ring (bicyclic) bond motifs is 1. The molecule has 0 fully saturated rings. The van der Waals surface area contributed by atoms with Crippen LogP contribution in [0.3, 0.4) is 0 Å². The molecule has 2 aliphatic carbocycles. The third-order valence-electron chi connectivity index (χ3n) is 2.56. The van der Waals surface area contributed by atoms with Crippen molar-refractivity contribution in [1.29, 1.82) is 0 Å². The molecule has 13 heavy (non-hydrogen) atoms. The van der Waals surface area contributed by atoms with E-state index in [0.29, 0.717) is 0 Å². The van der Waals surface area contributed by atoms with Gasteiger partial charge in [0.05, 0.1) is 0 Å². The van der Waals surface area contributed by atoms with Crippen LogP contribution >= 0.6 is 12.6 Å². The SMILES string of the molecule is SCC1=C2CCC=CC2=CCC=C1. The molecule has 0 aromatic heterocycles. The molecule has 0 bridgehead atoms. The summed E-state index contributed by atoms with van der Waals surface area (Å²) in [7, 11) is 0. The van der Waals surface area contributed by atoms with E-state index in [1.165, 1.54) is 29.6 Å². The van der Waals surface area contributed by atoms with Crippen molar-refractivity contribution in [2.24, 2.45) is 0 Å². The standard InChI is InChI=1S/C12H14S/c13-9-11-7-2-1-5-10-6-3-4-8-12(10)11/h2-3,5-7,13H,1,4,8-9H2. The molecule has 0 amide bonds. The summed E-state index contributed by atoms with van der Waals surface area (Å²) in [5, 5.41) is 0. The highest BCUT2D eigenvalue weighted by molar-refractivity contribution is 7.80. The summed E-state index contributed by atoms with van der Waals surface area (Å²) < 4.78 is 0. The predicted molar refractivity (Wildman–Crippen MR) is 61.1 cm³/mol. The highest BCUT2D eigenvalue weighted by Crippen LogP contribution is 2.29. The second-order valence-electron chi connectivity index (χ2n) is 3.40. The van der Waals surface area contributed by atoms with Crippen molar-refractivity contribution in [3.8, 4) is 0 Å². The molecular formula is C12H14S. The molecule has 0 heterocycles. The van der Waals surface area contributed by atoms with Gasteiger partial charge in [-0.3, -0.25) is 0 Å². The summed E-state index contributed by atoms with van der Waals surface area (Å²) in [6, 6.07) is 0. The van der Waals surface area contributed by atoms with Gasteiger partial charge in [0.15, 0.2) is 0 Å². The summed E-state index contributed by atoms with van der Waals surface area (Å²) in [4.78, 5) is 0.